The maximum absolute atomic E-state index is 12.6. The molecule has 2 aromatic carbocycles. The Labute approximate surface area is 167 Å². The average molecular weight is 395 g/mol. The molecular formula is C21H21N3O3S. The van der Waals surface area contributed by atoms with Crippen molar-refractivity contribution in [2.75, 3.05) is 0 Å². The molecule has 1 atom stereocenters. The molecule has 0 saturated heterocycles. The van der Waals surface area contributed by atoms with Gasteiger partial charge in [0.05, 0.1) is 11.4 Å². The number of carbonyl (C=O) groups excluding carboxylic acids is 2. The number of carbonyl (C=O) groups is 2. The first kappa shape index (κ1) is 19.6. The Morgan fingerprint density at radius 3 is 2.50 bits per heavy atom. The standard InChI is InChI=1S/C21H21N3O3S/c1-14(25)24-18(11-15-7-9-17(26)10-8-15)21(27)23-13-20-22-12-19(28-20)16-5-3-2-4-6-16/h2-10,12,18,26H,11,13H2,1H3,(H,23,27)(H,24,25). The van der Waals surface area contributed by atoms with Gasteiger partial charge in [0, 0.05) is 19.5 Å². The van der Waals surface area contributed by atoms with Crippen molar-refractivity contribution in [3.05, 3.63) is 71.4 Å². The minimum absolute atomic E-state index is 0.155. The summed E-state index contributed by atoms with van der Waals surface area (Å²) in [7, 11) is 0. The quantitative estimate of drug-likeness (QED) is 0.574. The lowest BCUT2D eigenvalue weighted by Gasteiger charge is -2.17. The van der Waals surface area contributed by atoms with E-state index in [1.54, 1.807) is 30.5 Å². The molecule has 0 aliphatic heterocycles. The maximum atomic E-state index is 12.6. The van der Waals surface area contributed by atoms with Gasteiger partial charge in [0.1, 0.15) is 16.8 Å². The van der Waals surface area contributed by atoms with Crippen LogP contribution in [0.25, 0.3) is 10.4 Å². The topological polar surface area (TPSA) is 91.3 Å². The summed E-state index contributed by atoms with van der Waals surface area (Å²) in [4.78, 5) is 29.5. The molecule has 2 amide bonds. The predicted molar refractivity (Wildman–Crippen MR) is 109 cm³/mol. The number of rotatable bonds is 7. The molecule has 28 heavy (non-hydrogen) atoms. The smallest absolute Gasteiger partial charge is 0.243 e. The van der Waals surface area contributed by atoms with Crippen LogP contribution in [0.2, 0.25) is 0 Å². The molecule has 7 heteroatoms. The lowest BCUT2D eigenvalue weighted by molar-refractivity contribution is -0.128. The summed E-state index contributed by atoms with van der Waals surface area (Å²) < 4.78 is 0. The fourth-order valence-electron chi connectivity index (χ4n) is 2.74. The van der Waals surface area contributed by atoms with E-state index in [-0.39, 0.29) is 17.6 Å². The number of thiazole rings is 1. The lowest BCUT2D eigenvalue weighted by atomic mass is 10.0. The molecule has 0 spiro atoms. The average Bonchev–Trinajstić information content (AvgIpc) is 3.17. The Morgan fingerprint density at radius 1 is 1.11 bits per heavy atom. The zero-order valence-corrected chi connectivity index (χ0v) is 16.2. The van der Waals surface area contributed by atoms with Crippen molar-refractivity contribution in [3.8, 4) is 16.2 Å². The van der Waals surface area contributed by atoms with Gasteiger partial charge in [-0.25, -0.2) is 4.98 Å². The highest BCUT2D eigenvalue weighted by molar-refractivity contribution is 7.15. The van der Waals surface area contributed by atoms with Crippen LogP contribution in [0.4, 0.5) is 0 Å². The van der Waals surface area contributed by atoms with E-state index in [1.807, 2.05) is 30.3 Å². The molecule has 0 aliphatic carbocycles. The summed E-state index contributed by atoms with van der Waals surface area (Å²) in [5, 5.41) is 15.7. The summed E-state index contributed by atoms with van der Waals surface area (Å²) in [6, 6.07) is 15.8. The number of aromatic hydroxyl groups is 1. The number of hydrogen-bond acceptors (Lipinski definition) is 5. The van der Waals surface area contributed by atoms with Crippen LogP contribution in [0.15, 0.2) is 60.8 Å². The molecule has 144 valence electrons. The first-order valence-corrected chi connectivity index (χ1v) is 9.66. The minimum atomic E-state index is -0.699. The first-order chi connectivity index (χ1) is 13.5. The molecule has 3 rings (SSSR count). The van der Waals surface area contributed by atoms with Crippen LogP contribution >= 0.6 is 11.3 Å². The number of phenols is 1. The van der Waals surface area contributed by atoms with Crippen molar-refractivity contribution in [1.82, 2.24) is 15.6 Å². The normalized spacial score (nSPS) is 11.6. The number of nitrogens with zero attached hydrogens (tertiary/aromatic N) is 1. The van der Waals surface area contributed by atoms with Crippen LogP contribution in [0.1, 0.15) is 17.5 Å². The van der Waals surface area contributed by atoms with Gasteiger partial charge in [-0.3, -0.25) is 9.59 Å². The monoisotopic (exact) mass is 395 g/mol. The Morgan fingerprint density at radius 2 is 1.82 bits per heavy atom. The second-order valence-corrected chi connectivity index (χ2v) is 7.44. The molecular weight excluding hydrogens is 374 g/mol. The lowest BCUT2D eigenvalue weighted by Crippen LogP contribution is -2.47. The van der Waals surface area contributed by atoms with E-state index in [9.17, 15) is 14.7 Å². The zero-order valence-electron chi connectivity index (χ0n) is 15.4. The van der Waals surface area contributed by atoms with Crippen molar-refractivity contribution in [3.63, 3.8) is 0 Å². The van der Waals surface area contributed by atoms with E-state index < -0.39 is 6.04 Å². The van der Waals surface area contributed by atoms with Crippen LogP contribution in [-0.2, 0) is 22.6 Å². The molecule has 6 nitrogen and oxygen atoms in total. The van der Waals surface area contributed by atoms with Crippen molar-refractivity contribution in [1.29, 1.82) is 0 Å². The molecule has 1 heterocycles. The third-order valence-electron chi connectivity index (χ3n) is 4.10. The predicted octanol–water partition coefficient (Wildman–Crippen LogP) is 2.88. The molecule has 3 aromatic rings. The van der Waals surface area contributed by atoms with Crippen molar-refractivity contribution in [2.24, 2.45) is 0 Å². The summed E-state index contributed by atoms with van der Waals surface area (Å²) in [6.45, 7) is 1.67. The number of amides is 2. The van der Waals surface area contributed by atoms with Gasteiger partial charge in [0.15, 0.2) is 0 Å². The molecule has 0 radical (unpaired) electrons. The van der Waals surface area contributed by atoms with E-state index in [4.69, 9.17) is 0 Å². The van der Waals surface area contributed by atoms with Crippen LogP contribution in [-0.4, -0.2) is 27.9 Å². The second kappa shape index (κ2) is 9.14. The van der Waals surface area contributed by atoms with E-state index in [0.29, 0.717) is 13.0 Å². The fourth-order valence-corrected chi connectivity index (χ4v) is 3.60. The van der Waals surface area contributed by atoms with E-state index >= 15 is 0 Å². The third kappa shape index (κ3) is 5.40. The van der Waals surface area contributed by atoms with Crippen molar-refractivity contribution < 1.29 is 14.7 Å². The summed E-state index contributed by atoms with van der Waals surface area (Å²) in [6.07, 6.45) is 2.13. The highest BCUT2D eigenvalue weighted by Crippen LogP contribution is 2.25. The van der Waals surface area contributed by atoms with E-state index in [0.717, 1.165) is 21.0 Å². The van der Waals surface area contributed by atoms with Gasteiger partial charge < -0.3 is 15.7 Å². The Balaban J connectivity index is 1.62. The highest BCUT2D eigenvalue weighted by atomic mass is 32.1. The summed E-state index contributed by atoms with van der Waals surface area (Å²) >= 11 is 1.52. The van der Waals surface area contributed by atoms with Gasteiger partial charge in [-0.1, -0.05) is 42.5 Å². The van der Waals surface area contributed by atoms with Crippen molar-refractivity contribution in [2.45, 2.75) is 25.9 Å². The molecule has 0 saturated carbocycles. The number of hydrogen-bond donors (Lipinski definition) is 3. The number of aromatic nitrogens is 1. The number of nitrogens with one attached hydrogen (secondary N) is 2. The Hall–Kier alpha value is -3.19. The van der Waals surface area contributed by atoms with Gasteiger partial charge in [-0.15, -0.1) is 11.3 Å². The van der Waals surface area contributed by atoms with Crippen LogP contribution in [0, 0.1) is 0 Å². The maximum Gasteiger partial charge on any atom is 0.243 e. The molecule has 1 unspecified atom stereocenters. The Kier molecular flexibility index (Phi) is 6.39. The fraction of sp³-hybridized carbons (Fsp3) is 0.190. The Bertz CT molecular complexity index is 939. The minimum Gasteiger partial charge on any atom is -0.508 e. The molecule has 1 aromatic heterocycles. The number of benzene rings is 2. The summed E-state index contributed by atoms with van der Waals surface area (Å²) in [5.74, 6) is -0.401. The molecule has 3 N–H and O–H groups in total. The van der Waals surface area contributed by atoms with Crippen LogP contribution in [0.3, 0.4) is 0 Å². The van der Waals surface area contributed by atoms with E-state index in [2.05, 4.69) is 15.6 Å². The summed E-state index contributed by atoms with van der Waals surface area (Å²) in [5.41, 5.74) is 1.92. The van der Waals surface area contributed by atoms with Gasteiger partial charge in [-0.05, 0) is 23.3 Å². The van der Waals surface area contributed by atoms with Gasteiger partial charge >= 0.3 is 0 Å². The number of phenolic OH excluding ortho intramolecular Hbond substituents is 1. The van der Waals surface area contributed by atoms with E-state index in [1.165, 1.54) is 18.3 Å². The van der Waals surface area contributed by atoms with Gasteiger partial charge in [0.25, 0.3) is 0 Å². The zero-order chi connectivity index (χ0) is 19.9. The largest absolute Gasteiger partial charge is 0.508 e. The highest BCUT2D eigenvalue weighted by Gasteiger charge is 2.20. The second-order valence-electron chi connectivity index (χ2n) is 6.33. The molecule has 0 bridgehead atoms. The van der Waals surface area contributed by atoms with Crippen molar-refractivity contribution >= 4 is 23.2 Å². The van der Waals surface area contributed by atoms with Crippen LogP contribution < -0.4 is 10.6 Å². The molecule has 0 aliphatic rings. The first-order valence-electron chi connectivity index (χ1n) is 8.84. The van der Waals surface area contributed by atoms with Gasteiger partial charge in [-0.2, -0.15) is 0 Å². The molecule has 0 fully saturated rings. The van der Waals surface area contributed by atoms with Gasteiger partial charge in [0.2, 0.25) is 11.8 Å². The van der Waals surface area contributed by atoms with Crippen LogP contribution in [0.5, 0.6) is 5.75 Å². The third-order valence-corrected chi connectivity index (χ3v) is 5.14. The SMILES string of the molecule is CC(=O)NC(Cc1ccc(O)cc1)C(=O)NCc1ncc(-c2ccccc2)s1.